The summed E-state index contributed by atoms with van der Waals surface area (Å²) in [5.41, 5.74) is 2.79. The van der Waals surface area contributed by atoms with Crippen molar-refractivity contribution in [3.8, 4) is 0 Å². The average Bonchev–Trinajstić information content (AvgIpc) is 2.62. The molecule has 0 unspecified atom stereocenters. The van der Waals surface area contributed by atoms with Crippen molar-refractivity contribution < 1.29 is 42.5 Å². The number of nitrogens with one attached hydrogen (secondary N) is 1. The maximum Gasteiger partial charge on any atom is 1.00 e. The van der Waals surface area contributed by atoms with Crippen LogP contribution in [-0.4, -0.2) is 13.0 Å². The first-order valence-electron chi connectivity index (χ1n) is 7.40. The number of benzene rings is 3. The molecule has 8 heteroatoms. The first kappa shape index (κ1) is 20.3. The average molecular weight is 375 g/mol. The molecule has 0 aliphatic carbocycles. The van der Waals surface area contributed by atoms with Gasteiger partial charge in [-0.05, 0) is 54.6 Å². The van der Waals surface area contributed by atoms with Gasteiger partial charge >= 0.3 is 29.6 Å². The van der Waals surface area contributed by atoms with E-state index in [1.165, 1.54) is 18.2 Å². The van der Waals surface area contributed by atoms with E-state index >= 15 is 0 Å². The van der Waals surface area contributed by atoms with Crippen LogP contribution in [0.25, 0.3) is 0 Å². The van der Waals surface area contributed by atoms with Gasteiger partial charge in [-0.3, -0.25) is 0 Å². The Kier molecular flexibility index (Phi) is 7.07. The van der Waals surface area contributed by atoms with Crippen molar-refractivity contribution in [3.63, 3.8) is 0 Å². The molecule has 0 heterocycles. The zero-order valence-corrected chi connectivity index (χ0v) is 16.8. The molecule has 0 fully saturated rings. The summed E-state index contributed by atoms with van der Waals surface area (Å²) in [6.07, 6.45) is 0. The molecule has 3 aromatic rings. The topological polar surface area (TPSA) is 94.0 Å². The number of nitrogens with zero attached hydrogens (tertiary/aromatic N) is 2. The number of hydrogen-bond donors (Lipinski definition) is 1. The van der Waals surface area contributed by atoms with E-state index in [0.717, 1.165) is 11.4 Å². The van der Waals surface area contributed by atoms with Crippen LogP contribution in [-0.2, 0) is 10.1 Å². The van der Waals surface area contributed by atoms with Crippen LogP contribution in [0.3, 0.4) is 0 Å². The van der Waals surface area contributed by atoms with Gasteiger partial charge in [-0.15, -0.1) is 0 Å². The van der Waals surface area contributed by atoms with E-state index in [9.17, 15) is 13.0 Å². The predicted octanol–water partition coefficient (Wildman–Crippen LogP) is 1.75. The van der Waals surface area contributed by atoms with Crippen molar-refractivity contribution in [2.24, 2.45) is 10.2 Å². The molecule has 0 aliphatic heterocycles. The summed E-state index contributed by atoms with van der Waals surface area (Å²) in [6.45, 7) is 0. The summed E-state index contributed by atoms with van der Waals surface area (Å²) in [5.74, 6) is 0. The molecule has 3 rings (SSSR count). The molecule has 0 aromatic heterocycles. The Bertz CT molecular complexity index is 992. The van der Waals surface area contributed by atoms with Crippen LogP contribution in [0.15, 0.2) is 94.0 Å². The van der Waals surface area contributed by atoms with Crippen LogP contribution in [0.1, 0.15) is 0 Å². The number of hydrogen-bond acceptors (Lipinski definition) is 6. The second-order valence-electron chi connectivity index (χ2n) is 5.19. The molecule has 26 heavy (non-hydrogen) atoms. The minimum Gasteiger partial charge on any atom is -0.744 e. The molecular formula is C18H14N3NaO3S. The van der Waals surface area contributed by atoms with E-state index in [0.29, 0.717) is 11.4 Å². The van der Waals surface area contributed by atoms with Gasteiger partial charge in [0.25, 0.3) is 0 Å². The van der Waals surface area contributed by atoms with E-state index in [-0.39, 0.29) is 34.5 Å². The molecule has 6 nitrogen and oxygen atoms in total. The summed E-state index contributed by atoms with van der Waals surface area (Å²) >= 11 is 0. The minimum absolute atomic E-state index is 0. The van der Waals surface area contributed by atoms with Crippen LogP contribution >= 0.6 is 0 Å². The number of anilines is 2. The van der Waals surface area contributed by atoms with Crippen LogP contribution < -0.4 is 34.9 Å². The minimum atomic E-state index is -4.50. The molecule has 0 spiro atoms. The predicted molar refractivity (Wildman–Crippen MR) is 94.7 cm³/mol. The third-order valence-electron chi connectivity index (χ3n) is 3.32. The fraction of sp³-hybridized carbons (Fsp3) is 0. The van der Waals surface area contributed by atoms with E-state index < -0.39 is 10.1 Å². The van der Waals surface area contributed by atoms with Crippen molar-refractivity contribution in [2.45, 2.75) is 4.90 Å². The fourth-order valence-electron chi connectivity index (χ4n) is 2.12. The van der Waals surface area contributed by atoms with Gasteiger partial charge < -0.3 is 9.87 Å². The van der Waals surface area contributed by atoms with Gasteiger partial charge in [0, 0.05) is 11.4 Å². The summed E-state index contributed by atoms with van der Waals surface area (Å²) in [6, 6.07) is 22.5. The van der Waals surface area contributed by atoms with Crippen molar-refractivity contribution in [3.05, 3.63) is 78.9 Å². The molecule has 126 valence electrons. The summed E-state index contributed by atoms with van der Waals surface area (Å²) in [4.78, 5) is -0.327. The normalized spacial score (nSPS) is 11.1. The molecule has 0 saturated carbocycles. The number of rotatable bonds is 5. The van der Waals surface area contributed by atoms with Crippen molar-refractivity contribution in [1.29, 1.82) is 0 Å². The third-order valence-corrected chi connectivity index (χ3v) is 4.15. The quantitative estimate of drug-likeness (QED) is 0.418. The smallest absolute Gasteiger partial charge is 0.744 e. The zero-order chi connectivity index (χ0) is 17.7. The molecule has 0 atom stereocenters. The van der Waals surface area contributed by atoms with Crippen molar-refractivity contribution in [1.82, 2.24) is 0 Å². The maximum atomic E-state index is 11.0. The van der Waals surface area contributed by atoms with E-state index in [1.54, 1.807) is 18.2 Å². The van der Waals surface area contributed by atoms with Gasteiger partial charge in [-0.2, -0.15) is 10.2 Å². The first-order chi connectivity index (χ1) is 12.0. The van der Waals surface area contributed by atoms with E-state index in [2.05, 4.69) is 15.5 Å². The number of azo groups is 1. The van der Waals surface area contributed by atoms with E-state index in [1.807, 2.05) is 42.5 Å². The molecule has 0 bridgehead atoms. The molecule has 3 aromatic carbocycles. The van der Waals surface area contributed by atoms with Crippen molar-refractivity contribution in [2.75, 3.05) is 5.32 Å². The molecular weight excluding hydrogens is 361 g/mol. The number of para-hydroxylation sites is 1. The molecule has 0 aliphatic rings. The molecule has 0 radical (unpaired) electrons. The molecule has 0 saturated heterocycles. The SMILES string of the molecule is O=S(=O)([O-])c1cccc(/N=N/c2ccc(Nc3ccccc3)cc2)c1.[Na+]. The summed E-state index contributed by atoms with van der Waals surface area (Å²) in [7, 11) is -4.50. The van der Waals surface area contributed by atoms with Gasteiger partial charge in [-0.1, -0.05) is 24.3 Å². The van der Waals surface area contributed by atoms with Crippen LogP contribution in [0.5, 0.6) is 0 Å². The van der Waals surface area contributed by atoms with Gasteiger partial charge in [0.1, 0.15) is 10.1 Å². The Morgan fingerprint density at radius 1 is 0.731 bits per heavy atom. The first-order valence-corrected chi connectivity index (χ1v) is 8.81. The third kappa shape index (κ3) is 5.76. The summed E-state index contributed by atoms with van der Waals surface area (Å²) < 4.78 is 33.0. The largest absolute Gasteiger partial charge is 1.00 e. The van der Waals surface area contributed by atoms with Crippen LogP contribution in [0, 0.1) is 0 Å². The Morgan fingerprint density at radius 3 is 2.00 bits per heavy atom. The monoisotopic (exact) mass is 375 g/mol. The Hall–Kier alpha value is -2.03. The van der Waals surface area contributed by atoms with Gasteiger partial charge in [-0.25, -0.2) is 8.42 Å². The van der Waals surface area contributed by atoms with Gasteiger partial charge in [0.05, 0.1) is 16.3 Å². The second kappa shape index (κ2) is 9.07. The molecule has 1 N–H and O–H groups in total. The van der Waals surface area contributed by atoms with Crippen LogP contribution in [0.2, 0.25) is 0 Å². The van der Waals surface area contributed by atoms with E-state index in [4.69, 9.17) is 0 Å². The van der Waals surface area contributed by atoms with Gasteiger partial charge in [0.15, 0.2) is 0 Å². The molecule has 0 amide bonds. The van der Waals surface area contributed by atoms with Gasteiger partial charge in [0.2, 0.25) is 0 Å². The standard InChI is InChI=1S/C18H15N3O3S.Na/c22-25(23,24)18-8-4-7-17(13-18)21-20-16-11-9-15(10-12-16)19-14-5-2-1-3-6-14;/h1-13,19H,(H,22,23,24);/q;+1/p-1/b21-20+;. The Balaban J connectivity index is 0.00000243. The second-order valence-corrected chi connectivity index (χ2v) is 6.57. The maximum absolute atomic E-state index is 11.0. The fourth-order valence-corrected chi connectivity index (χ4v) is 2.63. The Labute approximate surface area is 174 Å². The van der Waals surface area contributed by atoms with Crippen molar-refractivity contribution >= 4 is 32.9 Å². The van der Waals surface area contributed by atoms with Crippen LogP contribution in [0.4, 0.5) is 22.7 Å². The Morgan fingerprint density at radius 2 is 1.35 bits per heavy atom. The summed E-state index contributed by atoms with van der Waals surface area (Å²) in [5, 5.41) is 11.3. The zero-order valence-electron chi connectivity index (χ0n) is 14.0.